The smallest absolute Gasteiger partial charge is 0.415 e. The molecule has 0 saturated carbocycles. The number of benzene rings is 1. The van der Waals surface area contributed by atoms with Crippen LogP contribution in [0.15, 0.2) is 24.3 Å². The van der Waals surface area contributed by atoms with Gasteiger partial charge in [0.15, 0.2) is 0 Å². The van der Waals surface area contributed by atoms with Crippen LogP contribution < -0.4 is 10.2 Å². The second-order valence-electron chi connectivity index (χ2n) is 4.87. The zero-order chi connectivity index (χ0) is 12.6. The van der Waals surface area contributed by atoms with Crippen molar-refractivity contribution in [2.45, 2.75) is 18.4 Å². The molecule has 18 heavy (non-hydrogen) atoms. The van der Waals surface area contributed by atoms with Crippen molar-refractivity contribution >= 4 is 11.8 Å². The molecule has 1 atom stereocenters. The van der Waals surface area contributed by atoms with Crippen LogP contribution in [-0.2, 0) is 4.74 Å². The predicted octanol–water partition coefficient (Wildman–Crippen LogP) is 1.90. The lowest BCUT2D eigenvalue weighted by Crippen LogP contribution is -2.57. The second-order valence-corrected chi connectivity index (χ2v) is 4.87. The summed E-state index contributed by atoms with van der Waals surface area (Å²) in [4.78, 5) is 13.6. The Bertz CT molecular complexity index is 455. The number of hydrogen-bond acceptors (Lipinski definition) is 3. The van der Waals surface area contributed by atoms with E-state index in [1.807, 2.05) is 0 Å². The molecule has 5 heteroatoms. The number of halogens is 1. The molecule has 1 amide bonds. The maximum absolute atomic E-state index is 13.0. The van der Waals surface area contributed by atoms with Crippen LogP contribution in [0.5, 0.6) is 0 Å². The molecule has 3 rings (SSSR count). The number of nitrogens with one attached hydrogen (secondary N) is 1. The van der Waals surface area contributed by atoms with E-state index < -0.39 is 0 Å². The second kappa shape index (κ2) is 4.24. The molecule has 4 nitrogen and oxygen atoms in total. The Hall–Kier alpha value is -1.62. The van der Waals surface area contributed by atoms with Crippen molar-refractivity contribution in [3.8, 4) is 0 Å². The zero-order valence-corrected chi connectivity index (χ0v) is 9.99. The van der Waals surface area contributed by atoms with Gasteiger partial charge in [-0.15, -0.1) is 0 Å². The minimum atomic E-state index is -0.342. The fraction of sp³-hybridized carbons (Fsp3) is 0.462. The van der Waals surface area contributed by atoms with Crippen molar-refractivity contribution in [2.75, 3.05) is 24.6 Å². The normalized spacial score (nSPS) is 27.6. The van der Waals surface area contributed by atoms with Crippen LogP contribution >= 0.6 is 0 Å². The number of ether oxygens (including phenoxy) is 1. The molecule has 0 aromatic heterocycles. The fourth-order valence-corrected chi connectivity index (χ4v) is 2.75. The fourth-order valence-electron chi connectivity index (χ4n) is 2.75. The van der Waals surface area contributed by atoms with Gasteiger partial charge in [-0.25, -0.2) is 9.18 Å². The van der Waals surface area contributed by atoms with Gasteiger partial charge in [-0.1, -0.05) is 0 Å². The molecule has 2 aliphatic rings. The summed E-state index contributed by atoms with van der Waals surface area (Å²) in [5, 5.41) is 3.30. The van der Waals surface area contributed by atoms with Crippen molar-refractivity contribution in [1.82, 2.24) is 5.32 Å². The molecule has 2 saturated heterocycles. The summed E-state index contributed by atoms with van der Waals surface area (Å²) in [6, 6.07) is 5.98. The molecule has 1 unspecified atom stereocenters. The lowest BCUT2D eigenvalue weighted by atomic mass is 9.89. The van der Waals surface area contributed by atoms with Gasteiger partial charge in [0.05, 0.1) is 5.54 Å². The molecule has 1 aromatic carbocycles. The molecular weight excluding hydrogens is 235 g/mol. The molecule has 96 valence electrons. The maximum Gasteiger partial charge on any atom is 0.415 e. The number of carbonyl (C=O) groups is 1. The molecule has 1 N–H and O–H groups in total. The Morgan fingerprint density at radius 1 is 1.33 bits per heavy atom. The summed E-state index contributed by atoms with van der Waals surface area (Å²) >= 11 is 0. The monoisotopic (exact) mass is 250 g/mol. The first-order valence-electron chi connectivity index (χ1n) is 6.15. The standard InChI is InChI=1S/C13H15FN2O2/c14-10-2-4-11(5-3-10)16-12(17)18-9-13(16)6-1-7-15-8-13/h2-5,15H,1,6-9H2. The number of amides is 1. The van der Waals surface area contributed by atoms with Crippen molar-refractivity contribution in [3.63, 3.8) is 0 Å². The number of cyclic esters (lactones) is 1. The Kier molecular flexibility index (Phi) is 2.70. The van der Waals surface area contributed by atoms with Crippen LogP contribution in [0.4, 0.5) is 14.9 Å². The highest BCUT2D eigenvalue weighted by atomic mass is 19.1. The van der Waals surface area contributed by atoms with Crippen LogP contribution in [0.3, 0.4) is 0 Å². The molecule has 0 bridgehead atoms. The van der Waals surface area contributed by atoms with E-state index in [1.54, 1.807) is 17.0 Å². The molecule has 2 aliphatic heterocycles. The largest absolute Gasteiger partial charge is 0.447 e. The van der Waals surface area contributed by atoms with E-state index in [4.69, 9.17) is 4.74 Å². The minimum absolute atomic E-state index is 0.304. The van der Waals surface area contributed by atoms with Gasteiger partial charge < -0.3 is 10.1 Å². The summed E-state index contributed by atoms with van der Waals surface area (Å²) in [6.07, 6.45) is 1.57. The lowest BCUT2D eigenvalue weighted by Gasteiger charge is -2.38. The van der Waals surface area contributed by atoms with Crippen molar-refractivity contribution in [2.24, 2.45) is 0 Å². The highest BCUT2D eigenvalue weighted by Gasteiger charge is 2.48. The Labute approximate surface area is 105 Å². The summed E-state index contributed by atoms with van der Waals surface area (Å²) in [7, 11) is 0. The van der Waals surface area contributed by atoms with Crippen LogP contribution in [-0.4, -0.2) is 31.3 Å². The number of hydrogen-bond donors (Lipinski definition) is 1. The van der Waals surface area contributed by atoms with Gasteiger partial charge in [0.1, 0.15) is 12.4 Å². The molecular formula is C13H15FN2O2. The topological polar surface area (TPSA) is 41.6 Å². The number of carbonyl (C=O) groups excluding carboxylic acids is 1. The summed E-state index contributed by atoms with van der Waals surface area (Å²) < 4.78 is 18.2. The molecule has 1 aromatic rings. The quantitative estimate of drug-likeness (QED) is 0.827. The zero-order valence-electron chi connectivity index (χ0n) is 9.99. The van der Waals surface area contributed by atoms with E-state index in [0.717, 1.165) is 25.9 Å². The highest BCUT2D eigenvalue weighted by Crippen LogP contribution is 2.35. The number of piperidine rings is 1. The average molecular weight is 250 g/mol. The Balaban J connectivity index is 1.96. The lowest BCUT2D eigenvalue weighted by molar-refractivity contribution is 0.167. The van der Waals surface area contributed by atoms with Gasteiger partial charge in [0.2, 0.25) is 0 Å². The first-order valence-corrected chi connectivity index (χ1v) is 6.15. The van der Waals surface area contributed by atoms with E-state index in [2.05, 4.69) is 5.32 Å². The van der Waals surface area contributed by atoms with Crippen LogP contribution in [0.2, 0.25) is 0 Å². The number of anilines is 1. The van der Waals surface area contributed by atoms with Crippen molar-refractivity contribution in [1.29, 1.82) is 0 Å². The van der Waals surface area contributed by atoms with Gasteiger partial charge in [0, 0.05) is 12.2 Å². The number of nitrogens with zero attached hydrogens (tertiary/aromatic N) is 1. The SMILES string of the molecule is O=C1OCC2(CCCNC2)N1c1ccc(F)cc1. The third-order valence-electron chi connectivity index (χ3n) is 3.66. The molecule has 2 heterocycles. The minimum Gasteiger partial charge on any atom is -0.447 e. The van der Waals surface area contributed by atoms with Crippen molar-refractivity contribution < 1.29 is 13.9 Å². The first kappa shape index (κ1) is 11.5. The molecule has 0 radical (unpaired) electrons. The van der Waals surface area contributed by atoms with Gasteiger partial charge in [-0.3, -0.25) is 4.90 Å². The number of rotatable bonds is 1. The molecule has 0 aliphatic carbocycles. The van der Waals surface area contributed by atoms with Gasteiger partial charge >= 0.3 is 6.09 Å². The van der Waals surface area contributed by atoms with E-state index >= 15 is 0 Å². The third kappa shape index (κ3) is 1.75. The summed E-state index contributed by atoms with van der Waals surface area (Å²) in [5.74, 6) is -0.304. The first-order chi connectivity index (χ1) is 8.71. The van der Waals surface area contributed by atoms with Gasteiger partial charge in [-0.05, 0) is 43.7 Å². The van der Waals surface area contributed by atoms with Gasteiger partial charge in [0.25, 0.3) is 0 Å². The van der Waals surface area contributed by atoms with Crippen LogP contribution in [0.25, 0.3) is 0 Å². The Morgan fingerprint density at radius 2 is 2.11 bits per heavy atom. The van der Waals surface area contributed by atoms with E-state index in [0.29, 0.717) is 12.3 Å². The van der Waals surface area contributed by atoms with E-state index in [-0.39, 0.29) is 17.4 Å². The molecule has 1 spiro atoms. The Morgan fingerprint density at radius 3 is 2.78 bits per heavy atom. The van der Waals surface area contributed by atoms with E-state index in [1.165, 1.54) is 12.1 Å². The average Bonchev–Trinajstić information content (AvgIpc) is 2.69. The summed E-state index contributed by atoms with van der Waals surface area (Å²) in [5.41, 5.74) is 0.385. The van der Waals surface area contributed by atoms with Crippen LogP contribution in [0.1, 0.15) is 12.8 Å². The van der Waals surface area contributed by atoms with Gasteiger partial charge in [-0.2, -0.15) is 0 Å². The van der Waals surface area contributed by atoms with Crippen LogP contribution in [0, 0.1) is 5.82 Å². The highest BCUT2D eigenvalue weighted by molar-refractivity contribution is 5.91. The maximum atomic E-state index is 13.0. The summed E-state index contributed by atoms with van der Waals surface area (Å²) in [6.45, 7) is 2.08. The predicted molar refractivity (Wildman–Crippen MR) is 65.1 cm³/mol. The third-order valence-corrected chi connectivity index (χ3v) is 3.66. The molecule has 2 fully saturated rings. The van der Waals surface area contributed by atoms with Crippen molar-refractivity contribution in [3.05, 3.63) is 30.1 Å². The van der Waals surface area contributed by atoms with E-state index in [9.17, 15) is 9.18 Å².